The van der Waals surface area contributed by atoms with E-state index >= 15 is 0 Å². The van der Waals surface area contributed by atoms with Crippen LogP contribution in [0.3, 0.4) is 0 Å². The van der Waals surface area contributed by atoms with Crippen LogP contribution in [0.25, 0.3) is 0 Å². The van der Waals surface area contributed by atoms with Gasteiger partial charge >= 0.3 is 5.97 Å². The number of hydrogen-bond donors (Lipinski definition) is 1. The summed E-state index contributed by atoms with van der Waals surface area (Å²) in [7, 11) is 0. The summed E-state index contributed by atoms with van der Waals surface area (Å²) in [6.07, 6.45) is 2.56. The Morgan fingerprint density at radius 2 is 1.60 bits per heavy atom. The van der Waals surface area contributed by atoms with Crippen molar-refractivity contribution in [3.63, 3.8) is 0 Å². The third-order valence-electron chi connectivity index (χ3n) is 5.50. The van der Waals surface area contributed by atoms with Crippen molar-refractivity contribution in [1.29, 1.82) is 0 Å². The van der Waals surface area contributed by atoms with Gasteiger partial charge in [0, 0.05) is 35.7 Å². The van der Waals surface area contributed by atoms with Crippen LogP contribution in [0.2, 0.25) is 10.0 Å². The van der Waals surface area contributed by atoms with E-state index in [0.29, 0.717) is 19.8 Å². The Kier molecular flexibility index (Phi) is 10.4. The van der Waals surface area contributed by atoms with E-state index < -0.39 is 5.97 Å². The third kappa shape index (κ3) is 7.44. The first-order valence-corrected chi connectivity index (χ1v) is 10.8. The molecular formula is C23H28Cl3NO3. The molecule has 1 saturated heterocycles. The minimum absolute atomic E-state index is 0. The number of rotatable bonds is 9. The van der Waals surface area contributed by atoms with Gasteiger partial charge in [0.25, 0.3) is 0 Å². The fraction of sp³-hybridized carbons (Fsp3) is 0.435. The monoisotopic (exact) mass is 471 g/mol. The Hall–Kier alpha value is -1.30. The molecule has 164 valence electrons. The van der Waals surface area contributed by atoms with E-state index in [2.05, 4.69) is 29.2 Å². The minimum Gasteiger partial charge on any atom is -0.481 e. The standard InChI is InChI=1S/C23H27Cl2NO3.ClH/c24-20-7-3-17(4-8-20)22(18-5-9-21(25)10-6-18)11-14-29-15-13-26-12-1-2-19(16-26)23(27)28;/h3-10,19,22H,1-2,11-16H2,(H,27,28);1H. The van der Waals surface area contributed by atoms with Gasteiger partial charge in [-0.2, -0.15) is 0 Å². The second kappa shape index (κ2) is 12.5. The van der Waals surface area contributed by atoms with Crippen LogP contribution in [0.5, 0.6) is 0 Å². The predicted molar refractivity (Wildman–Crippen MR) is 124 cm³/mol. The molecule has 0 saturated carbocycles. The first-order valence-electron chi connectivity index (χ1n) is 10.1. The minimum atomic E-state index is -0.690. The zero-order valence-corrected chi connectivity index (χ0v) is 19.1. The summed E-state index contributed by atoms with van der Waals surface area (Å²) in [6.45, 7) is 3.59. The number of piperidine rings is 1. The Labute approximate surface area is 194 Å². The Balaban J connectivity index is 0.00000320. The molecule has 0 aromatic heterocycles. The molecule has 4 nitrogen and oxygen atoms in total. The average molecular weight is 473 g/mol. The quantitative estimate of drug-likeness (QED) is 0.472. The van der Waals surface area contributed by atoms with Crippen LogP contribution < -0.4 is 0 Å². The number of carboxylic acids is 1. The Morgan fingerprint density at radius 3 is 2.13 bits per heavy atom. The van der Waals surface area contributed by atoms with Gasteiger partial charge in [0.15, 0.2) is 0 Å². The zero-order chi connectivity index (χ0) is 20.6. The number of carbonyl (C=O) groups is 1. The highest BCUT2D eigenvalue weighted by Crippen LogP contribution is 2.30. The summed E-state index contributed by atoms with van der Waals surface area (Å²) in [6, 6.07) is 15.9. The van der Waals surface area contributed by atoms with E-state index in [-0.39, 0.29) is 24.2 Å². The summed E-state index contributed by atoms with van der Waals surface area (Å²) < 4.78 is 5.91. The van der Waals surface area contributed by atoms with E-state index in [1.54, 1.807) is 0 Å². The van der Waals surface area contributed by atoms with E-state index in [1.807, 2.05) is 24.3 Å². The van der Waals surface area contributed by atoms with Crippen molar-refractivity contribution in [2.75, 3.05) is 32.8 Å². The van der Waals surface area contributed by atoms with Crippen LogP contribution in [0.4, 0.5) is 0 Å². The molecule has 1 aliphatic rings. The van der Waals surface area contributed by atoms with Gasteiger partial charge < -0.3 is 14.7 Å². The van der Waals surface area contributed by atoms with E-state index in [0.717, 1.165) is 42.4 Å². The van der Waals surface area contributed by atoms with E-state index in [1.165, 1.54) is 11.1 Å². The fourth-order valence-corrected chi connectivity index (χ4v) is 4.13. The van der Waals surface area contributed by atoms with Crippen LogP contribution in [0, 0.1) is 5.92 Å². The fourth-order valence-electron chi connectivity index (χ4n) is 3.87. The Morgan fingerprint density at radius 1 is 1.03 bits per heavy atom. The molecule has 0 aliphatic carbocycles. The number of halogens is 3. The second-order valence-corrected chi connectivity index (χ2v) is 8.41. The highest BCUT2D eigenvalue weighted by Gasteiger charge is 2.24. The molecule has 0 spiro atoms. The molecule has 0 amide bonds. The number of hydrogen-bond acceptors (Lipinski definition) is 3. The maximum atomic E-state index is 11.2. The lowest BCUT2D eigenvalue weighted by atomic mass is 9.89. The number of likely N-dealkylation sites (tertiary alicyclic amines) is 1. The van der Waals surface area contributed by atoms with Gasteiger partial charge in [0.2, 0.25) is 0 Å². The summed E-state index contributed by atoms with van der Waals surface area (Å²) in [5.41, 5.74) is 2.39. The van der Waals surface area contributed by atoms with Gasteiger partial charge in [-0.3, -0.25) is 4.79 Å². The van der Waals surface area contributed by atoms with Gasteiger partial charge in [0.05, 0.1) is 12.5 Å². The summed E-state index contributed by atoms with van der Waals surface area (Å²) in [5, 5.41) is 10.6. The van der Waals surface area contributed by atoms with Gasteiger partial charge in [-0.1, -0.05) is 47.5 Å². The second-order valence-electron chi connectivity index (χ2n) is 7.53. The van der Waals surface area contributed by atoms with Crippen LogP contribution in [-0.4, -0.2) is 48.8 Å². The first-order chi connectivity index (χ1) is 14.0. The maximum Gasteiger partial charge on any atom is 0.307 e. The van der Waals surface area contributed by atoms with Crippen molar-refractivity contribution in [3.8, 4) is 0 Å². The van der Waals surface area contributed by atoms with Crippen molar-refractivity contribution >= 4 is 41.6 Å². The van der Waals surface area contributed by atoms with Gasteiger partial charge in [-0.15, -0.1) is 12.4 Å². The topological polar surface area (TPSA) is 49.8 Å². The lowest BCUT2D eigenvalue weighted by Crippen LogP contribution is -2.40. The maximum absolute atomic E-state index is 11.2. The van der Waals surface area contributed by atoms with Crippen molar-refractivity contribution in [2.24, 2.45) is 5.92 Å². The summed E-state index contributed by atoms with van der Waals surface area (Å²) >= 11 is 12.1. The largest absolute Gasteiger partial charge is 0.481 e. The zero-order valence-electron chi connectivity index (χ0n) is 16.8. The molecule has 1 heterocycles. The van der Waals surface area contributed by atoms with Crippen molar-refractivity contribution in [1.82, 2.24) is 4.90 Å². The van der Waals surface area contributed by atoms with Gasteiger partial charge in [-0.05, 0) is 61.2 Å². The molecule has 1 fully saturated rings. The SMILES string of the molecule is Cl.O=C(O)C1CCCN(CCOCCC(c2ccc(Cl)cc2)c2ccc(Cl)cc2)C1. The third-order valence-corrected chi connectivity index (χ3v) is 6.01. The molecule has 2 aromatic carbocycles. The van der Waals surface area contributed by atoms with Crippen molar-refractivity contribution < 1.29 is 14.6 Å². The van der Waals surface area contributed by atoms with E-state index in [9.17, 15) is 9.90 Å². The Bertz CT molecular complexity index is 738. The summed E-state index contributed by atoms with van der Waals surface area (Å²) in [4.78, 5) is 13.4. The van der Waals surface area contributed by atoms with E-state index in [4.69, 9.17) is 27.9 Å². The molecule has 30 heavy (non-hydrogen) atoms. The van der Waals surface area contributed by atoms with Gasteiger partial charge in [-0.25, -0.2) is 0 Å². The number of carboxylic acid groups (broad SMARTS) is 1. The van der Waals surface area contributed by atoms with Crippen LogP contribution in [0.1, 0.15) is 36.3 Å². The highest BCUT2D eigenvalue weighted by atomic mass is 35.5. The molecule has 7 heteroatoms. The summed E-state index contributed by atoms with van der Waals surface area (Å²) in [5.74, 6) is -0.733. The van der Waals surface area contributed by atoms with Crippen LogP contribution in [-0.2, 0) is 9.53 Å². The van der Waals surface area contributed by atoms with Crippen molar-refractivity contribution in [3.05, 3.63) is 69.7 Å². The van der Waals surface area contributed by atoms with Gasteiger partial charge in [0.1, 0.15) is 0 Å². The molecule has 0 radical (unpaired) electrons. The number of ether oxygens (including phenoxy) is 1. The molecule has 2 aromatic rings. The highest BCUT2D eigenvalue weighted by molar-refractivity contribution is 6.30. The molecule has 1 unspecified atom stereocenters. The molecular weight excluding hydrogens is 445 g/mol. The molecule has 1 N–H and O–H groups in total. The lowest BCUT2D eigenvalue weighted by Gasteiger charge is -2.30. The lowest BCUT2D eigenvalue weighted by molar-refractivity contribution is -0.143. The molecule has 0 bridgehead atoms. The number of nitrogens with zero attached hydrogens (tertiary/aromatic N) is 1. The normalized spacial score (nSPS) is 17.0. The molecule has 3 rings (SSSR count). The number of aliphatic carboxylic acids is 1. The smallest absolute Gasteiger partial charge is 0.307 e. The van der Waals surface area contributed by atoms with Crippen molar-refractivity contribution in [2.45, 2.75) is 25.2 Å². The first kappa shape index (κ1) is 25.0. The molecule has 1 atom stereocenters. The van der Waals surface area contributed by atoms with Crippen LogP contribution in [0.15, 0.2) is 48.5 Å². The molecule has 1 aliphatic heterocycles. The predicted octanol–water partition coefficient (Wildman–Crippen LogP) is 5.75. The average Bonchev–Trinajstić information content (AvgIpc) is 2.73. The van der Waals surface area contributed by atoms with Crippen LogP contribution >= 0.6 is 35.6 Å². The number of benzene rings is 2.